The van der Waals surface area contributed by atoms with Gasteiger partial charge in [0.15, 0.2) is 5.75 Å². The average Bonchev–Trinajstić information content (AvgIpc) is 2.49. The molecular weight excluding hydrogens is 267 g/mol. The predicted molar refractivity (Wildman–Crippen MR) is 79.5 cm³/mol. The Hall–Kier alpha value is -3.06. The summed E-state index contributed by atoms with van der Waals surface area (Å²) in [6.45, 7) is 0. The van der Waals surface area contributed by atoms with Crippen molar-refractivity contribution < 1.29 is 9.13 Å². The number of rotatable bonds is 2. The minimum atomic E-state index is -0.560. The Kier molecular flexibility index (Phi) is 3.17. The Balaban J connectivity index is 2.04. The summed E-state index contributed by atoms with van der Waals surface area (Å²) in [5.74, 6) is 0.160. The van der Waals surface area contributed by atoms with Crippen LogP contribution in [0.3, 0.4) is 0 Å². The molecule has 3 aromatic rings. The van der Waals surface area contributed by atoms with E-state index < -0.39 is 5.82 Å². The van der Waals surface area contributed by atoms with Crippen LogP contribution >= 0.6 is 0 Å². The Labute approximate surface area is 121 Å². The molecule has 3 aromatic carbocycles. The van der Waals surface area contributed by atoms with Gasteiger partial charge < -0.3 is 10.5 Å². The number of nitriles is 1. The van der Waals surface area contributed by atoms with E-state index in [9.17, 15) is 4.39 Å². The van der Waals surface area contributed by atoms with E-state index in [4.69, 9.17) is 15.7 Å². The lowest BCUT2D eigenvalue weighted by atomic mass is 10.1. The molecule has 0 amide bonds. The Morgan fingerprint density at radius 3 is 2.52 bits per heavy atom. The molecule has 3 rings (SSSR count). The molecule has 3 nitrogen and oxygen atoms in total. The standard InChI is InChI=1S/C17H11FN2O/c18-14-7-13(10-19)17(16(20)9-14)21-15-6-5-11-3-1-2-4-12(11)8-15/h1-9H,20H2. The second-order valence-corrected chi connectivity index (χ2v) is 4.59. The van der Waals surface area contributed by atoms with E-state index in [-0.39, 0.29) is 17.0 Å². The van der Waals surface area contributed by atoms with Crippen molar-refractivity contribution in [3.05, 3.63) is 66.0 Å². The number of benzene rings is 3. The summed E-state index contributed by atoms with van der Waals surface area (Å²) < 4.78 is 18.9. The number of fused-ring (bicyclic) bond motifs is 1. The van der Waals surface area contributed by atoms with Crippen molar-refractivity contribution in [1.82, 2.24) is 0 Å². The summed E-state index contributed by atoms with van der Waals surface area (Å²) in [4.78, 5) is 0. The number of nitrogen functional groups attached to an aromatic ring is 1. The summed E-state index contributed by atoms with van der Waals surface area (Å²) in [7, 11) is 0. The number of ether oxygens (including phenoxy) is 1. The quantitative estimate of drug-likeness (QED) is 0.714. The number of hydrogen-bond donors (Lipinski definition) is 1. The Bertz CT molecular complexity index is 868. The second kappa shape index (κ2) is 5.14. The first-order valence-electron chi connectivity index (χ1n) is 6.33. The molecule has 0 bridgehead atoms. The van der Waals surface area contributed by atoms with E-state index in [1.165, 1.54) is 0 Å². The highest BCUT2D eigenvalue weighted by molar-refractivity contribution is 5.83. The highest BCUT2D eigenvalue weighted by atomic mass is 19.1. The van der Waals surface area contributed by atoms with Gasteiger partial charge in [0, 0.05) is 6.07 Å². The van der Waals surface area contributed by atoms with E-state index in [1.54, 1.807) is 6.07 Å². The smallest absolute Gasteiger partial charge is 0.168 e. The molecule has 0 fully saturated rings. The normalized spacial score (nSPS) is 10.3. The fourth-order valence-electron chi connectivity index (χ4n) is 2.16. The van der Waals surface area contributed by atoms with E-state index in [0.29, 0.717) is 5.75 Å². The maximum absolute atomic E-state index is 13.3. The molecule has 0 aromatic heterocycles. The molecule has 2 N–H and O–H groups in total. The lowest BCUT2D eigenvalue weighted by molar-refractivity contribution is 0.482. The second-order valence-electron chi connectivity index (χ2n) is 4.59. The van der Waals surface area contributed by atoms with E-state index >= 15 is 0 Å². The molecular formula is C17H11FN2O. The minimum absolute atomic E-state index is 0.0701. The van der Waals surface area contributed by atoms with Crippen LogP contribution in [-0.2, 0) is 0 Å². The zero-order valence-corrected chi connectivity index (χ0v) is 11.0. The number of nitrogens with zero attached hydrogens (tertiary/aromatic N) is 1. The highest BCUT2D eigenvalue weighted by Crippen LogP contribution is 2.33. The monoisotopic (exact) mass is 278 g/mol. The molecule has 102 valence electrons. The SMILES string of the molecule is N#Cc1cc(F)cc(N)c1Oc1ccc2ccccc2c1. The maximum atomic E-state index is 13.3. The number of halogens is 1. The number of hydrogen-bond acceptors (Lipinski definition) is 3. The number of anilines is 1. The zero-order valence-electron chi connectivity index (χ0n) is 11.0. The fraction of sp³-hybridized carbons (Fsp3) is 0. The molecule has 0 aliphatic rings. The van der Waals surface area contributed by atoms with Crippen molar-refractivity contribution in [3.63, 3.8) is 0 Å². The third-order valence-electron chi connectivity index (χ3n) is 3.14. The van der Waals surface area contributed by atoms with Gasteiger partial charge in [-0.2, -0.15) is 5.26 Å². The van der Waals surface area contributed by atoms with Gasteiger partial charge in [0.1, 0.15) is 17.6 Å². The van der Waals surface area contributed by atoms with Crippen molar-refractivity contribution in [2.24, 2.45) is 0 Å². The van der Waals surface area contributed by atoms with Crippen LogP contribution in [0, 0.1) is 17.1 Å². The van der Waals surface area contributed by atoms with Crippen molar-refractivity contribution in [3.8, 4) is 17.6 Å². The van der Waals surface area contributed by atoms with Crippen molar-refractivity contribution in [2.45, 2.75) is 0 Å². The lowest BCUT2D eigenvalue weighted by Gasteiger charge is -2.11. The van der Waals surface area contributed by atoms with Gasteiger partial charge in [-0.3, -0.25) is 0 Å². The first-order valence-corrected chi connectivity index (χ1v) is 6.33. The summed E-state index contributed by atoms with van der Waals surface area (Å²) in [5, 5.41) is 11.2. The first-order chi connectivity index (χ1) is 10.2. The molecule has 21 heavy (non-hydrogen) atoms. The van der Waals surface area contributed by atoms with Crippen molar-refractivity contribution in [2.75, 3.05) is 5.73 Å². The third-order valence-corrected chi connectivity index (χ3v) is 3.14. The minimum Gasteiger partial charge on any atom is -0.454 e. The van der Waals surface area contributed by atoms with Crippen LogP contribution in [0.15, 0.2) is 54.6 Å². The largest absolute Gasteiger partial charge is 0.454 e. The van der Waals surface area contributed by atoms with Crippen LogP contribution in [0.25, 0.3) is 10.8 Å². The van der Waals surface area contributed by atoms with Crippen LogP contribution < -0.4 is 10.5 Å². The summed E-state index contributed by atoms with van der Waals surface area (Å²) in [6.07, 6.45) is 0. The van der Waals surface area contributed by atoms with E-state index in [1.807, 2.05) is 42.5 Å². The van der Waals surface area contributed by atoms with Gasteiger partial charge in [-0.1, -0.05) is 30.3 Å². The Morgan fingerprint density at radius 1 is 1.00 bits per heavy atom. The van der Waals surface area contributed by atoms with Gasteiger partial charge in [0.25, 0.3) is 0 Å². The Morgan fingerprint density at radius 2 is 1.76 bits per heavy atom. The number of nitrogens with two attached hydrogens (primary N) is 1. The lowest BCUT2D eigenvalue weighted by Crippen LogP contribution is -1.96. The predicted octanol–water partition coefficient (Wildman–Crippen LogP) is 4.23. The highest BCUT2D eigenvalue weighted by Gasteiger charge is 2.11. The molecule has 0 unspecified atom stereocenters. The van der Waals surface area contributed by atoms with Crippen LogP contribution in [-0.4, -0.2) is 0 Å². The molecule has 0 saturated carbocycles. The van der Waals surface area contributed by atoms with Crippen LogP contribution in [0.1, 0.15) is 5.56 Å². The van der Waals surface area contributed by atoms with Crippen molar-refractivity contribution in [1.29, 1.82) is 5.26 Å². The maximum Gasteiger partial charge on any atom is 0.168 e. The zero-order chi connectivity index (χ0) is 14.8. The van der Waals surface area contributed by atoms with Crippen LogP contribution in [0.2, 0.25) is 0 Å². The topological polar surface area (TPSA) is 59.0 Å². The molecule has 0 spiro atoms. The summed E-state index contributed by atoms with van der Waals surface area (Å²) in [5.41, 5.74) is 5.91. The van der Waals surface area contributed by atoms with Gasteiger partial charge in [-0.15, -0.1) is 0 Å². The van der Waals surface area contributed by atoms with Crippen molar-refractivity contribution >= 4 is 16.5 Å². The summed E-state index contributed by atoms with van der Waals surface area (Å²) >= 11 is 0. The molecule has 0 aliphatic carbocycles. The molecule has 0 radical (unpaired) electrons. The fourth-order valence-corrected chi connectivity index (χ4v) is 2.16. The molecule has 0 atom stereocenters. The molecule has 0 aliphatic heterocycles. The third kappa shape index (κ3) is 2.49. The van der Waals surface area contributed by atoms with E-state index in [2.05, 4.69) is 0 Å². The van der Waals surface area contributed by atoms with Gasteiger partial charge in [0.05, 0.1) is 11.3 Å². The van der Waals surface area contributed by atoms with Gasteiger partial charge in [-0.25, -0.2) is 4.39 Å². The summed E-state index contributed by atoms with van der Waals surface area (Å²) in [6, 6.07) is 17.5. The van der Waals surface area contributed by atoms with Gasteiger partial charge in [0.2, 0.25) is 0 Å². The molecule has 0 heterocycles. The molecule has 4 heteroatoms. The van der Waals surface area contributed by atoms with Gasteiger partial charge >= 0.3 is 0 Å². The molecule has 0 saturated heterocycles. The van der Waals surface area contributed by atoms with Gasteiger partial charge in [-0.05, 0) is 29.0 Å². The van der Waals surface area contributed by atoms with E-state index in [0.717, 1.165) is 22.9 Å². The van der Waals surface area contributed by atoms with Crippen LogP contribution in [0.4, 0.5) is 10.1 Å². The first kappa shape index (κ1) is 12.9. The van der Waals surface area contributed by atoms with Crippen LogP contribution in [0.5, 0.6) is 11.5 Å². The average molecular weight is 278 g/mol.